The van der Waals surface area contributed by atoms with E-state index in [4.69, 9.17) is 4.74 Å². The van der Waals surface area contributed by atoms with E-state index in [1.54, 1.807) is 0 Å². The van der Waals surface area contributed by atoms with E-state index in [0.29, 0.717) is 12.0 Å². The molecule has 1 unspecified atom stereocenters. The molecule has 2 nitrogen and oxygen atoms in total. The van der Waals surface area contributed by atoms with Crippen molar-refractivity contribution in [3.05, 3.63) is 0 Å². The molecule has 1 atom stereocenters. The first-order chi connectivity index (χ1) is 8.03. The molecule has 0 amide bonds. The van der Waals surface area contributed by atoms with E-state index in [0.717, 1.165) is 12.5 Å². The summed E-state index contributed by atoms with van der Waals surface area (Å²) >= 11 is 0. The minimum Gasteiger partial charge on any atom is -0.370 e. The highest BCUT2D eigenvalue weighted by Crippen LogP contribution is 2.37. The second-order valence-corrected chi connectivity index (χ2v) is 6.13. The van der Waals surface area contributed by atoms with Gasteiger partial charge >= 0.3 is 0 Å². The van der Waals surface area contributed by atoms with Crippen LogP contribution in [0.1, 0.15) is 59.8 Å². The molecule has 0 aliphatic heterocycles. The molecule has 1 fully saturated rings. The van der Waals surface area contributed by atoms with Crippen molar-refractivity contribution >= 4 is 0 Å². The van der Waals surface area contributed by atoms with Crippen LogP contribution in [-0.2, 0) is 4.74 Å². The lowest BCUT2D eigenvalue weighted by Crippen LogP contribution is -2.47. The molecular weight excluding hydrogens is 210 g/mol. The molecule has 0 heterocycles. The molecule has 1 rings (SSSR count). The van der Waals surface area contributed by atoms with E-state index in [1.165, 1.54) is 32.1 Å². The van der Waals surface area contributed by atoms with Gasteiger partial charge in [-0.3, -0.25) is 0 Å². The van der Waals surface area contributed by atoms with Gasteiger partial charge in [0.25, 0.3) is 0 Å². The number of nitrogens with one attached hydrogen (secondary N) is 1. The van der Waals surface area contributed by atoms with Crippen LogP contribution in [0, 0.1) is 11.8 Å². The van der Waals surface area contributed by atoms with Crippen LogP contribution in [0.3, 0.4) is 0 Å². The molecule has 1 saturated carbocycles. The highest BCUT2D eigenvalue weighted by atomic mass is 16.5. The van der Waals surface area contributed by atoms with Crippen LogP contribution in [0.5, 0.6) is 0 Å². The van der Waals surface area contributed by atoms with Gasteiger partial charge in [-0.1, -0.05) is 27.2 Å². The van der Waals surface area contributed by atoms with Crippen LogP contribution in [-0.4, -0.2) is 25.3 Å². The number of hydrogen-bond donors (Lipinski definition) is 1. The van der Waals surface area contributed by atoms with Crippen LogP contribution in [0.15, 0.2) is 0 Å². The topological polar surface area (TPSA) is 21.3 Å². The summed E-state index contributed by atoms with van der Waals surface area (Å²) < 4.78 is 6.41. The quantitative estimate of drug-likeness (QED) is 0.767. The van der Waals surface area contributed by atoms with Crippen molar-refractivity contribution in [1.82, 2.24) is 5.32 Å². The maximum Gasteiger partial charge on any atom is 0.0810 e. The Hall–Kier alpha value is -0.0800. The molecule has 0 aromatic rings. The van der Waals surface area contributed by atoms with Gasteiger partial charge in [0, 0.05) is 6.54 Å². The zero-order valence-corrected chi connectivity index (χ0v) is 12.4. The molecule has 102 valence electrons. The minimum absolute atomic E-state index is 0.101. The van der Waals surface area contributed by atoms with Crippen molar-refractivity contribution in [2.75, 3.05) is 13.6 Å². The third-order valence-corrected chi connectivity index (χ3v) is 4.47. The van der Waals surface area contributed by atoms with Crippen molar-refractivity contribution in [1.29, 1.82) is 0 Å². The Morgan fingerprint density at radius 2 is 1.82 bits per heavy atom. The molecule has 0 radical (unpaired) electrons. The predicted octanol–water partition coefficient (Wildman–Crippen LogP) is 3.61. The summed E-state index contributed by atoms with van der Waals surface area (Å²) in [7, 11) is 2.04. The van der Waals surface area contributed by atoms with Gasteiger partial charge in [0.2, 0.25) is 0 Å². The molecule has 17 heavy (non-hydrogen) atoms. The van der Waals surface area contributed by atoms with E-state index < -0.39 is 0 Å². The Bertz CT molecular complexity index is 207. The maximum absolute atomic E-state index is 6.41. The standard InChI is InChI=1S/C15H31NO/c1-6-14-7-9-15(10-8-14,11-16-5)17-13(4)12(2)3/h12-14,16H,6-11H2,1-5H3. The SMILES string of the molecule is CCC1CCC(CNC)(OC(C)C(C)C)CC1. The lowest BCUT2D eigenvalue weighted by molar-refractivity contribution is -0.124. The highest BCUT2D eigenvalue weighted by Gasteiger charge is 2.36. The Kier molecular flexibility index (Phi) is 5.94. The minimum atomic E-state index is 0.101. The number of rotatable bonds is 6. The number of hydrogen-bond acceptors (Lipinski definition) is 2. The van der Waals surface area contributed by atoms with Gasteiger partial charge in [-0.2, -0.15) is 0 Å². The maximum atomic E-state index is 6.41. The highest BCUT2D eigenvalue weighted by molar-refractivity contribution is 4.89. The summed E-state index contributed by atoms with van der Waals surface area (Å²) in [6.45, 7) is 10.0. The van der Waals surface area contributed by atoms with E-state index in [1.807, 2.05) is 7.05 Å². The zero-order valence-electron chi connectivity index (χ0n) is 12.4. The van der Waals surface area contributed by atoms with E-state index in [9.17, 15) is 0 Å². The van der Waals surface area contributed by atoms with Gasteiger partial charge in [0.05, 0.1) is 11.7 Å². The average molecular weight is 241 g/mol. The average Bonchev–Trinajstić information content (AvgIpc) is 2.30. The summed E-state index contributed by atoms with van der Waals surface area (Å²) in [5.74, 6) is 1.53. The van der Waals surface area contributed by atoms with Crippen molar-refractivity contribution < 1.29 is 4.74 Å². The molecular formula is C15H31NO. The van der Waals surface area contributed by atoms with Crippen molar-refractivity contribution in [2.45, 2.75) is 71.5 Å². The third kappa shape index (κ3) is 4.26. The first kappa shape index (κ1) is 15.0. The monoisotopic (exact) mass is 241 g/mol. The Morgan fingerprint density at radius 1 is 1.24 bits per heavy atom. The number of ether oxygens (including phenoxy) is 1. The lowest BCUT2D eigenvalue weighted by Gasteiger charge is -2.42. The Labute approximate surface area is 108 Å². The molecule has 0 aromatic carbocycles. The van der Waals surface area contributed by atoms with Crippen LogP contribution < -0.4 is 5.32 Å². The van der Waals surface area contributed by atoms with Gasteiger partial charge in [-0.25, -0.2) is 0 Å². The fourth-order valence-corrected chi connectivity index (χ4v) is 2.80. The van der Waals surface area contributed by atoms with Crippen molar-refractivity contribution in [3.63, 3.8) is 0 Å². The first-order valence-electron chi connectivity index (χ1n) is 7.35. The molecule has 0 saturated heterocycles. The van der Waals surface area contributed by atoms with Crippen LogP contribution >= 0.6 is 0 Å². The third-order valence-electron chi connectivity index (χ3n) is 4.47. The summed E-state index contributed by atoms with van der Waals surface area (Å²) in [4.78, 5) is 0. The fraction of sp³-hybridized carbons (Fsp3) is 1.00. The van der Waals surface area contributed by atoms with E-state index in [-0.39, 0.29) is 5.60 Å². The molecule has 1 N–H and O–H groups in total. The van der Waals surface area contributed by atoms with Gasteiger partial charge in [-0.15, -0.1) is 0 Å². The van der Waals surface area contributed by atoms with Crippen LogP contribution in [0.25, 0.3) is 0 Å². The molecule has 0 aromatic heterocycles. The van der Waals surface area contributed by atoms with Crippen LogP contribution in [0.4, 0.5) is 0 Å². The summed E-state index contributed by atoms with van der Waals surface area (Å²) in [6.07, 6.45) is 6.82. The summed E-state index contributed by atoms with van der Waals surface area (Å²) in [5.41, 5.74) is 0.101. The first-order valence-corrected chi connectivity index (χ1v) is 7.35. The second-order valence-electron chi connectivity index (χ2n) is 6.13. The summed E-state index contributed by atoms with van der Waals surface area (Å²) in [6, 6.07) is 0. The normalized spacial score (nSPS) is 31.8. The van der Waals surface area contributed by atoms with Crippen molar-refractivity contribution in [3.8, 4) is 0 Å². The second kappa shape index (κ2) is 6.75. The Balaban J connectivity index is 2.58. The lowest BCUT2D eigenvalue weighted by atomic mass is 9.77. The fourth-order valence-electron chi connectivity index (χ4n) is 2.80. The molecule has 1 aliphatic rings. The summed E-state index contributed by atoms with van der Waals surface area (Å²) in [5, 5.41) is 3.33. The van der Waals surface area contributed by atoms with E-state index >= 15 is 0 Å². The zero-order chi connectivity index (χ0) is 12.9. The molecule has 2 heteroatoms. The number of likely N-dealkylation sites (N-methyl/N-ethyl adjacent to an activating group) is 1. The molecule has 0 spiro atoms. The van der Waals surface area contributed by atoms with Gasteiger partial charge in [-0.05, 0) is 51.5 Å². The van der Waals surface area contributed by atoms with Crippen LogP contribution in [0.2, 0.25) is 0 Å². The van der Waals surface area contributed by atoms with Crippen molar-refractivity contribution in [2.24, 2.45) is 11.8 Å². The molecule has 1 aliphatic carbocycles. The largest absolute Gasteiger partial charge is 0.370 e. The van der Waals surface area contributed by atoms with Gasteiger partial charge in [0.1, 0.15) is 0 Å². The smallest absolute Gasteiger partial charge is 0.0810 e. The van der Waals surface area contributed by atoms with Gasteiger partial charge in [0.15, 0.2) is 0 Å². The predicted molar refractivity (Wildman–Crippen MR) is 74.3 cm³/mol. The Morgan fingerprint density at radius 3 is 2.24 bits per heavy atom. The van der Waals surface area contributed by atoms with Gasteiger partial charge < -0.3 is 10.1 Å². The van der Waals surface area contributed by atoms with E-state index in [2.05, 4.69) is 33.0 Å². The molecule has 0 bridgehead atoms.